The second kappa shape index (κ2) is 5.24. The monoisotopic (exact) mass is 254 g/mol. The molecular formula is C12H22N4O2. The van der Waals surface area contributed by atoms with Crippen LogP contribution in [-0.4, -0.2) is 40.5 Å². The first kappa shape index (κ1) is 13.3. The molecule has 0 radical (unpaired) electrons. The predicted octanol–water partition coefficient (Wildman–Crippen LogP) is 0.776. The minimum absolute atomic E-state index is 0.0320. The van der Waals surface area contributed by atoms with Crippen molar-refractivity contribution in [2.75, 3.05) is 24.6 Å². The van der Waals surface area contributed by atoms with Gasteiger partial charge in [0.05, 0.1) is 6.54 Å². The van der Waals surface area contributed by atoms with E-state index in [1.54, 1.807) is 0 Å². The van der Waals surface area contributed by atoms with E-state index in [0.29, 0.717) is 24.4 Å². The summed E-state index contributed by atoms with van der Waals surface area (Å²) in [7, 11) is 0. The molecule has 0 spiro atoms. The fourth-order valence-corrected chi connectivity index (χ4v) is 1.94. The maximum Gasteiger partial charge on any atom is 0.318 e. The van der Waals surface area contributed by atoms with Crippen molar-refractivity contribution in [3.05, 3.63) is 5.89 Å². The van der Waals surface area contributed by atoms with Gasteiger partial charge in [-0.25, -0.2) is 0 Å². The van der Waals surface area contributed by atoms with E-state index >= 15 is 0 Å². The third-order valence-corrected chi connectivity index (χ3v) is 3.04. The van der Waals surface area contributed by atoms with E-state index in [4.69, 9.17) is 9.52 Å². The summed E-state index contributed by atoms with van der Waals surface area (Å²) in [5.74, 6) is 0.931. The average Bonchev–Trinajstić information content (AvgIpc) is 2.94. The molecule has 1 fully saturated rings. The standard InChI is InChI=1S/C12H22N4O2/c1-12(2,3)13-6-10-14-15-11(18-10)16-5-4-9(7-16)8-17/h9,13,17H,4-8H2,1-3H3. The van der Waals surface area contributed by atoms with Crippen LogP contribution in [0.2, 0.25) is 0 Å². The molecule has 1 aliphatic heterocycles. The topological polar surface area (TPSA) is 74.4 Å². The van der Waals surface area contributed by atoms with Gasteiger partial charge >= 0.3 is 6.01 Å². The largest absolute Gasteiger partial charge is 0.407 e. The lowest BCUT2D eigenvalue weighted by Crippen LogP contribution is -2.35. The second-order valence-corrected chi connectivity index (χ2v) is 5.87. The third kappa shape index (κ3) is 3.43. The van der Waals surface area contributed by atoms with Crippen LogP contribution < -0.4 is 10.2 Å². The molecule has 18 heavy (non-hydrogen) atoms. The van der Waals surface area contributed by atoms with E-state index in [1.807, 2.05) is 4.90 Å². The summed E-state index contributed by atoms with van der Waals surface area (Å²) in [6.07, 6.45) is 0.981. The van der Waals surface area contributed by atoms with Gasteiger partial charge in [-0.15, -0.1) is 5.10 Å². The molecule has 0 bridgehead atoms. The number of aliphatic hydroxyl groups excluding tert-OH is 1. The molecule has 0 aromatic carbocycles. The second-order valence-electron chi connectivity index (χ2n) is 5.87. The molecule has 1 unspecified atom stereocenters. The molecule has 0 amide bonds. The van der Waals surface area contributed by atoms with Gasteiger partial charge in [0.2, 0.25) is 5.89 Å². The molecule has 1 aromatic heterocycles. The van der Waals surface area contributed by atoms with Gasteiger partial charge in [-0.3, -0.25) is 0 Å². The number of hydrogen-bond acceptors (Lipinski definition) is 6. The molecule has 0 aliphatic carbocycles. The highest BCUT2D eigenvalue weighted by Gasteiger charge is 2.25. The van der Waals surface area contributed by atoms with E-state index in [1.165, 1.54) is 0 Å². The number of rotatable bonds is 4. The van der Waals surface area contributed by atoms with Crippen molar-refractivity contribution in [3.63, 3.8) is 0 Å². The van der Waals surface area contributed by atoms with E-state index in [-0.39, 0.29) is 12.1 Å². The van der Waals surface area contributed by atoms with Gasteiger partial charge in [0, 0.05) is 31.2 Å². The summed E-state index contributed by atoms with van der Waals surface area (Å²) < 4.78 is 5.62. The van der Waals surface area contributed by atoms with Gasteiger partial charge in [0.15, 0.2) is 0 Å². The Morgan fingerprint density at radius 2 is 2.22 bits per heavy atom. The minimum Gasteiger partial charge on any atom is -0.407 e. The van der Waals surface area contributed by atoms with E-state index in [9.17, 15) is 0 Å². The summed E-state index contributed by atoms with van der Waals surface area (Å²) in [5.41, 5.74) is 0.0320. The number of aromatic nitrogens is 2. The van der Waals surface area contributed by atoms with Gasteiger partial charge in [-0.1, -0.05) is 5.10 Å². The van der Waals surface area contributed by atoms with Crippen LogP contribution in [0.25, 0.3) is 0 Å². The van der Waals surface area contributed by atoms with Crippen molar-refractivity contribution in [1.82, 2.24) is 15.5 Å². The first-order valence-corrected chi connectivity index (χ1v) is 6.41. The molecule has 1 aliphatic rings. The summed E-state index contributed by atoms with van der Waals surface area (Å²) in [5, 5.41) is 20.5. The number of nitrogens with one attached hydrogen (secondary N) is 1. The lowest BCUT2D eigenvalue weighted by atomic mass is 10.1. The molecule has 102 valence electrons. The predicted molar refractivity (Wildman–Crippen MR) is 68.3 cm³/mol. The van der Waals surface area contributed by atoms with Gasteiger partial charge in [-0.05, 0) is 27.2 Å². The number of anilines is 1. The summed E-state index contributed by atoms with van der Waals surface area (Å²) >= 11 is 0. The van der Waals surface area contributed by atoms with Crippen molar-refractivity contribution >= 4 is 6.01 Å². The zero-order chi connectivity index (χ0) is 13.2. The Bertz CT molecular complexity index is 386. The van der Waals surface area contributed by atoms with Gasteiger partial charge in [0.1, 0.15) is 0 Å². The lowest BCUT2D eigenvalue weighted by Gasteiger charge is -2.18. The third-order valence-electron chi connectivity index (χ3n) is 3.04. The number of nitrogens with zero attached hydrogens (tertiary/aromatic N) is 3. The zero-order valence-electron chi connectivity index (χ0n) is 11.3. The highest BCUT2D eigenvalue weighted by atomic mass is 16.4. The maximum atomic E-state index is 9.11. The molecule has 6 heteroatoms. The summed E-state index contributed by atoms with van der Waals surface area (Å²) in [6, 6.07) is 0.566. The zero-order valence-corrected chi connectivity index (χ0v) is 11.3. The normalized spacial score (nSPS) is 20.7. The molecule has 6 nitrogen and oxygen atoms in total. The Labute approximate surface area is 107 Å². The number of aliphatic hydroxyl groups is 1. The first-order chi connectivity index (χ1) is 8.48. The minimum atomic E-state index is 0.0320. The molecule has 2 heterocycles. The van der Waals surface area contributed by atoms with E-state index in [2.05, 4.69) is 36.3 Å². The van der Waals surface area contributed by atoms with Crippen LogP contribution in [0, 0.1) is 5.92 Å². The van der Waals surface area contributed by atoms with Gasteiger partial charge in [0.25, 0.3) is 0 Å². The summed E-state index contributed by atoms with van der Waals surface area (Å²) in [6.45, 7) is 8.75. The quantitative estimate of drug-likeness (QED) is 0.827. The Hall–Kier alpha value is -1.14. The fraction of sp³-hybridized carbons (Fsp3) is 0.833. The number of hydrogen-bond donors (Lipinski definition) is 2. The van der Waals surface area contributed by atoms with Crippen LogP contribution in [0.15, 0.2) is 4.42 Å². The average molecular weight is 254 g/mol. The highest BCUT2D eigenvalue weighted by molar-refractivity contribution is 5.26. The van der Waals surface area contributed by atoms with Crippen molar-refractivity contribution in [3.8, 4) is 0 Å². The van der Waals surface area contributed by atoms with Crippen molar-refractivity contribution < 1.29 is 9.52 Å². The highest BCUT2D eigenvalue weighted by Crippen LogP contribution is 2.22. The Kier molecular flexibility index (Phi) is 3.87. The van der Waals surface area contributed by atoms with E-state index in [0.717, 1.165) is 19.5 Å². The Balaban J connectivity index is 1.90. The van der Waals surface area contributed by atoms with Gasteiger partial charge < -0.3 is 19.7 Å². The Morgan fingerprint density at radius 3 is 2.83 bits per heavy atom. The molecule has 0 saturated carbocycles. The van der Waals surface area contributed by atoms with Crippen LogP contribution in [0.4, 0.5) is 6.01 Å². The molecular weight excluding hydrogens is 232 g/mol. The SMILES string of the molecule is CC(C)(C)NCc1nnc(N2CCC(CO)C2)o1. The smallest absolute Gasteiger partial charge is 0.318 e. The van der Waals surface area contributed by atoms with Crippen LogP contribution in [-0.2, 0) is 6.54 Å². The van der Waals surface area contributed by atoms with Crippen LogP contribution in [0.5, 0.6) is 0 Å². The first-order valence-electron chi connectivity index (χ1n) is 6.41. The van der Waals surface area contributed by atoms with Crippen LogP contribution >= 0.6 is 0 Å². The Morgan fingerprint density at radius 1 is 1.44 bits per heavy atom. The molecule has 2 N–H and O–H groups in total. The van der Waals surface area contributed by atoms with Crippen molar-refractivity contribution in [2.24, 2.45) is 5.92 Å². The van der Waals surface area contributed by atoms with Crippen molar-refractivity contribution in [1.29, 1.82) is 0 Å². The lowest BCUT2D eigenvalue weighted by molar-refractivity contribution is 0.238. The maximum absolute atomic E-state index is 9.11. The molecule has 2 rings (SSSR count). The van der Waals surface area contributed by atoms with Crippen LogP contribution in [0.3, 0.4) is 0 Å². The molecule has 1 atom stereocenters. The van der Waals surface area contributed by atoms with E-state index < -0.39 is 0 Å². The summed E-state index contributed by atoms with van der Waals surface area (Å²) in [4.78, 5) is 2.04. The van der Waals surface area contributed by atoms with Gasteiger partial charge in [-0.2, -0.15) is 0 Å². The van der Waals surface area contributed by atoms with Crippen LogP contribution in [0.1, 0.15) is 33.1 Å². The molecule has 1 saturated heterocycles. The van der Waals surface area contributed by atoms with Crippen molar-refractivity contribution in [2.45, 2.75) is 39.3 Å². The molecule has 1 aromatic rings. The fourth-order valence-electron chi connectivity index (χ4n) is 1.94.